The van der Waals surface area contributed by atoms with E-state index in [1.54, 1.807) is 12.1 Å². The summed E-state index contributed by atoms with van der Waals surface area (Å²) in [5.74, 6) is -1.88. The van der Waals surface area contributed by atoms with Gasteiger partial charge in [0.05, 0.1) is 6.26 Å². The minimum absolute atomic E-state index is 0.0128. The number of aryl methyl sites for hydroxylation is 1. The van der Waals surface area contributed by atoms with Gasteiger partial charge in [0, 0.05) is 25.9 Å². The summed E-state index contributed by atoms with van der Waals surface area (Å²) in [5, 5.41) is 8.91. The molecule has 1 aromatic heterocycles. The molecule has 1 saturated heterocycles. The fourth-order valence-electron chi connectivity index (χ4n) is 2.39. The molecule has 0 aromatic carbocycles. The SMILES string of the molecule is O=C(CCc1ccco1)N1CCC(C(=O)O)(C(F)(F)F)C1. The number of halogens is 3. The van der Waals surface area contributed by atoms with Crippen molar-refractivity contribution >= 4 is 11.9 Å². The standard InChI is InChI=1S/C13H14F3NO4/c14-13(15,16)12(11(19)20)5-6-17(8-12)10(18)4-3-9-2-1-7-21-9/h1-2,7H,3-6,8H2,(H,19,20). The Hall–Kier alpha value is -1.99. The molecule has 0 spiro atoms. The van der Waals surface area contributed by atoms with Crippen molar-refractivity contribution in [1.82, 2.24) is 4.90 Å². The molecule has 1 N–H and O–H groups in total. The molecule has 2 heterocycles. The van der Waals surface area contributed by atoms with Gasteiger partial charge in [-0.15, -0.1) is 0 Å². The third-order valence-electron chi connectivity index (χ3n) is 3.74. The molecule has 0 aliphatic carbocycles. The van der Waals surface area contributed by atoms with Crippen LogP contribution in [0.5, 0.6) is 0 Å². The van der Waals surface area contributed by atoms with E-state index in [1.165, 1.54) is 6.26 Å². The number of rotatable bonds is 4. The van der Waals surface area contributed by atoms with E-state index in [-0.39, 0.29) is 19.4 Å². The zero-order valence-corrected chi connectivity index (χ0v) is 11.0. The summed E-state index contributed by atoms with van der Waals surface area (Å²) in [4.78, 5) is 23.9. The van der Waals surface area contributed by atoms with Crippen molar-refractivity contribution in [2.75, 3.05) is 13.1 Å². The summed E-state index contributed by atoms with van der Waals surface area (Å²) >= 11 is 0. The third-order valence-corrected chi connectivity index (χ3v) is 3.74. The number of hydrogen-bond acceptors (Lipinski definition) is 3. The van der Waals surface area contributed by atoms with Crippen LogP contribution in [0, 0.1) is 5.41 Å². The smallest absolute Gasteiger partial charge is 0.406 e. The summed E-state index contributed by atoms with van der Waals surface area (Å²) in [7, 11) is 0. The molecular formula is C13H14F3NO4. The highest BCUT2D eigenvalue weighted by atomic mass is 19.4. The number of carbonyl (C=O) groups excluding carboxylic acids is 1. The number of carboxylic acids is 1. The van der Waals surface area contributed by atoms with E-state index in [4.69, 9.17) is 9.52 Å². The second kappa shape index (κ2) is 5.42. The Labute approximate surface area is 118 Å². The number of carboxylic acid groups (broad SMARTS) is 1. The number of carbonyl (C=O) groups is 2. The Morgan fingerprint density at radius 3 is 2.62 bits per heavy atom. The molecule has 116 valence electrons. The van der Waals surface area contributed by atoms with Gasteiger partial charge in [0.15, 0.2) is 5.41 Å². The molecule has 5 nitrogen and oxygen atoms in total. The Morgan fingerprint density at radius 1 is 1.43 bits per heavy atom. The number of furan rings is 1. The van der Waals surface area contributed by atoms with Crippen molar-refractivity contribution < 1.29 is 32.3 Å². The van der Waals surface area contributed by atoms with Gasteiger partial charge in [-0.3, -0.25) is 9.59 Å². The van der Waals surface area contributed by atoms with Crippen LogP contribution in [0.1, 0.15) is 18.6 Å². The molecule has 21 heavy (non-hydrogen) atoms. The van der Waals surface area contributed by atoms with Crippen LogP contribution < -0.4 is 0 Å². The third kappa shape index (κ3) is 2.88. The monoisotopic (exact) mass is 305 g/mol. The van der Waals surface area contributed by atoms with Gasteiger partial charge in [0.25, 0.3) is 0 Å². The van der Waals surface area contributed by atoms with Crippen LogP contribution in [0.25, 0.3) is 0 Å². The molecule has 1 fully saturated rings. The minimum Gasteiger partial charge on any atom is -0.481 e. The van der Waals surface area contributed by atoms with E-state index in [9.17, 15) is 22.8 Å². The minimum atomic E-state index is -4.88. The lowest BCUT2D eigenvalue weighted by Gasteiger charge is -2.27. The van der Waals surface area contributed by atoms with E-state index < -0.39 is 36.4 Å². The number of likely N-dealkylation sites (tertiary alicyclic amines) is 1. The zero-order chi connectivity index (χ0) is 15.7. The fourth-order valence-corrected chi connectivity index (χ4v) is 2.39. The zero-order valence-electron chi connectivity index (χ0n) is 11.0. The topological polar surface area (TPSA) is 70.8 Å². The maximum absolute atomic E-state index is 13.0. The second-order valence-corrected chi connectivity index (χ2v) is 5.03. The van der Waals surface area contributed by atoms with Crippen LogP contribution in [0.2, 0.25) is 0 Å². The average Bonchev–Trinajstić information content (AvgIpc) is 3.04. The first-order valence-electron chi connectivity index (χ1n) is 6.36. The second-order valence-electron chi connectivity index (χ2n) is 5.03. The molecule has 8 heteroatoms. The van der Waals surface area contributed by atoms with E-state index in [1.807, 2.05) is 0 Å². The normalized spacial score (nSPS) is 22.5. The number of amides is 1. The largest absolute Gasteiger partial charge is 0.481 e. The van der Waals surface area contributed by atoms with Gasteiger partial charge in [-0.25, -0.2) is 0 Å². The number of aliphatic carboxylic acids is 1. The summed E-state index contributed by atoms with van der Waals surface area (Å²) in [6, 6.07) is 3.31. The fraction of sp³-hybridized carbons (Fsp3) is 0.538. The molecule has 1 atom stereocenters. The molecular weight excluding hydrogens is 291 g/mol. The molecule has 0 radical (unpaired) electrons. The van der Waals surface area contributed by atoms with Crippen LogP contribution >= 0.6 is 0 Å². The van der Waals surface area contributed by atoms with E-state index in [0.29, 0.717) is 5.76 Å². The van der Waals surface area contributed by atoms with E-state index in [2.05, 4.69) is 0 Å². The molecule has 0 bridgehead atoms. The lowest BCUT2D eigenvalue weighted by Crippen LogP contribution is -2.47. The Bertz CT molecular complexity index is 526. The number of hydrogen-bond donors (Lipinski definition) is 1. The van der Waals surface area contributed by atoms with Crippen LogP contribution in [-0.4, -0.2) is 41.1 Å². The van der Waals surface area contributed by atoms with Crippen molar-refractivity contribution in [3.63, 3.8) is 0 Å². The number of alkyl halides is 3. The van der Waals surface area contributed by atoms with Crippen molar-refractivity contribution in [3.05, 3.63) is 24.2 Å². The lowest BCUT2D eigenvalue weighted by molar-refractivity contribution is -0.227. The molecule has 1 unspecified atom stereocenters. The Morgan fingerprint density at radius 2 is 2.14 bits per heavy atom. The molecule has 1 aromatic rings. The van der Waals surface area contributed by atoms with Crippen molar-refractivity contribution in [1.29, 1.82) is 0 Å². The maximum Gasteiger partial charge on any atom is 0.406 e. The van der Waals surface area contributed by atoms with Gasteiger partial charge in [-0.1, -0.05) is 0 Å². The highest BCUT2D eigenvalue weighted by Gasteiger charge is 2.64. The summed E-state index contributed by atoms with van der Waals surface area (Å²) in [6.45, 7) is -1.04. The van der Waals surface area contributed by atoms with Gasteiger partial charge in [-0.2, -0.15) is 13.2 Å². The Balaban J connectivity index is 2.00. The first-order chi connectivity index (χ1) is 9.76. The van der Waals surface area contributed by atoms with Crippen molar-refractivity contribution in [3.8, 4) is 0 Å². The van der Waals surface area contributed by atoms with Crippen LogP contribution in [0.4, 0.5) is 13.2 Å². The van der Waals surface area contributed by atoms with Gasteiger partial charge in [-0.05, 0) is 18.6 Å². The predicted octanol–water partition coefficient (Wildman–Crippen LogP) is 2.08. The number of nitrogens with zero attached hydrogens (tertiary/aromatic N) is 1. The molecule has 1 aliphatic rings. The average molecular weight is 305 g/mol. The first kappa shape index (κ1) is 15.4. The van der Waals surface area contributed by atoms with Gasteiger partial charge < -0.3 is 14.4 Å². The van der Waals surface area contributed by atoms with Crippen LogP contribution in [-0.2, 0) is 16.0 Å². The van der Waals surface area contributed by atoms with Gasteiger partial charge in [0.2, 0.25) is 5.91 Å². The van der Waals surface area contributed by atoms with Gasteiger partial charge in [0.1, 0.15) is 5.76 Å². The predicted molar refractivity (Wildman–Crippen MR) is 64.3 cm³/mol. The van der Waals surface area contributed by atoms with Crippen LogP contribution in [0.3, 0.4) is 0 Å². The van der Waals surface area contributed by atoms with E-state index in [0.717, 1.165) is 4.90 Å². The highest BCUT2D eigenvalue weighted by Crippen LogP contribution is 2.45. The Kier molecular flexibility index (Phi) is 3.97. The molecule has 0 saturated carbocycles. The summed E-state index contributed by atoms with van der Waals surface area (Å²) < 4.78 is 44.0. The molecule has 1 amide bonds. The lowest BCUT2D eigenvalue weighted by atomic mass is 9.86. The first-order valence-corrected chi connectivity index (χ1v) is 6.36. The quantitative estimate of drug-likeness (QED) is 0.924. The maximum atomic E-state index is 13.0. The summed E-state index contributed by atoms with van der Waals surface area (Å²) in [5.41, 5.74) is -2.85. The summed E-state index contributed by atoms with van der Waals surface area (Å²) in [6.07, 6.45) is -3.79. The molecule has 1 aliphatic heterocycles. The van der Waals surface area contributed by atoms with Crippen LogP contribution in [0.15, 0.2) is 22.8 Å². The van der Waals surface area contributed by atoms with Crippen molar-refractivity contribution in [2.24, 2.45) is 5.41 Å². The molecule has 2 rings (SSSR count). The van der Waals surface area contributed by atoms with Crippen molar-refractivity contribution in [2.45, 2.75) is 25.4 Å². The van der Waals surface area contributed by atoms with Gasteiger partial charge >= 0.3 is 12.1 Å². The van der Waals surface area contributed by atoms with E-state index >= 15 is 0 Å². The highest BCUT2D eigenvalue weighted by molar-refractivity contribution is 5.81.